The van der Waals surface area contributed by atoms with Gasteiger partial charge in [-0.15, -0.1) is 0 Å². The highest BCUT2D eigenvalue weighted by atomic mass is 79.9. The predicted octanol–water partition coefficient (Wildman–Crippen LogP) is 7.30. The summed E-state index contributed by atoms with van der Waals surface area (Å²) < 4.78 is 7.27. The first-order valence-corrected chi connectivity index (χ1v) is 11.2. The van der Waals surface area contributed by atoms with Crippen LogP contribution in [0.4, 0.5) is 5.69 Å². The van der Waals surface area contributed by atoms with E-state index in [1.54, 1.807) is 18.2 Å². The Balaban J connectivity index is 1.78. The highest BCUT2D eigenvalue weighted by Gasteiger charge is 2.13. The minimum atomic E-state index is -0.473. The van der Waals surface area contributed by atoms with Crippen LogP contribution < -0.4 is 10.1 Å². The number of anilines is 1. The van der Waals surface area contributed by atoms with Gasteiger partial charge in [0.05, 0.1) is 8.95 Å². The molecule has 0 spiro atoms. The Labute approximate surface area is 202 Å². The third-order valence-corrected chi connectivity index (χ3v) is 5.85. The van der Waals surface area contributed by atoms with Crippen LogP contribution in [-0.4, -0.2) is 5.91 Å². The largest absolute Gasteiger partial charge is 0.486 e. The number of benzene rings is 3. The lowest BCUT2D eigenvalue weighted by Crippen LogP contribution is -2.13. The summed E-state index contributed by atoms with van der Waals surface area (Å²) in [6.07, 6.45) is 1.53. The van der Waals surface area contributed by atoms with Crippen LogP contribution in [0.2, 0.25) is 5.02 Å². The quantitative estimate of drug-likeness (QED) is 0.254. The van der Waals surface area contributed by atoms with Gasteiger partial charge >= 0.3 is 0 Å². The first-order chi connectivity index (χ1) is 14.9. The van der Waals surface area contributed by atoms with Crippen LogP contribution in [0.5, 0.6) is 5.75 Å². The van der Waals surface area contributed by atoms with Gasteiger partial charge in [0.25, 0.3) is 5.91 Å². The Kier molecular flexibility index (Phi) is 7.91. The second kappa shape index (κ2) is 10.6. The van der Waals surface area contributed by atoms with Crippen molar-refractivity contribution in [1.82, 2.24) is 0 Å². The monoisotopic (exact) mass is 558 g/mol. The average Bonchev–Trinajstić information content (AvgIpc) is 2.72. The van der Waals surface area contributed by atoms with Crippen molar-refractivity contribution in [2.24, 2.45) is 0 Å². The molecule has 0 bridgehead atoms. The van der Waals surface area contributed by atoms with Crippen molar-refractivity contribution in [3.8, 4) is 11.8 Å². The molecule has 156 valence electrons. The summed E-state index contributed by atoms with van der Waals surface area (Å²) in [4.78, 5) is 12.5. The summed E-state index contributed by atoms with van der Waals surface area (Å²) in [5.41, 5.74) is 3.17. The number of carbonyl (C=O) groups excluding carboxylic acids is 1. The summed E-state index contributed by atoms with van der Waals surface area (Å²) >= 11 is 13.2. The Morgan fingerprint density at radius 1 is 1.13 bits per heavy atom. The Hall–Kier alpha value is -2.59. The molecule has 0 radical (unpaired) electrons. The standard InChI is InChI=1S/C24H17Br2ClN2O2/c1-15-5-4-7-19(9-15)29-24(30)18(13-28)10-16-11-20(25)23(21(26)12-16)31-14-17-6-2-3-8-22(17)27/h2-12H,14H2,1H3,(H,29,30)/b18-10-. The van der Waals surface area contributed by atoms with E-state index in [0.717, 1.165) is 11.1 Å². The summed E-state index contributed by atoms with van der Waals surface area (Å²) in [6.45, 7) is 2.23. The van der Waals surface area contributed by atoms with Crippen LogP contribution >= 0.6 is 43.5 Å². The third-order valence-electron chi connectivity index (χ3n) is 4.30. The molecule has 0 fully saturated rings. The number of ether oxygens (including phenoxy) is 1. The van der Waals surface area contributed by atoms with Crippen LogP contribution in [0.25, 0.3) is 6.08 Å². The zero-order chi connectivity index (χ0) is 22.4. The molecule has 3 aromatic rings. The van der Waals surface area contributed by atoms with Gasteiger partial charge in [-0.25, -0.2) is 0 Å². The lowest BCUT2D eigenvalue weighted by molar-refractivity contribution is -0.112. The van der Waals surface area contributed by atoms with Crippen LogP contribution in [0.3, 0.4) is 0 Å². The van der Waals surface area contributed by atoms with E-state index >= 15 is 0 Å². The molecular weight excluding hydrogens is 544 g/mol. The normalized spacial score (nSPS) is 11.0. The Morgan fingerprint density at radius 2 is 1.84 bits per heavy atom. The van der Waals surface area contributed by atoms with Crippen molar-refractivity contribution in [2.75, 3.05) is 5.32 Å². The summed E-state index contributed by atoms with van der Waals surface area (Å²) in [7, 11) is 0. The van der Waals surface area contributed by atoms with Gasteiger partial charge in [0.15, 0.2) is 0 Å². The van der Waals surface area contributed by atoms with Gasteiger partial charge in [-0.1, -0.05) is 41.9 Å². The number of carbonyl (C=O) groups is 1. The number of nitrogens with zero attached hydrogens (tertiary/aromatic N) is 1. The summed E-state index contributed by atoms with van der Waals surface area (Å²) in [5, 5.41) is 12.9. The molecule has 0 aliphatic carbocycles. The molecule has 31 heavy (non-hydrogen) atoms. The van der Waals surface area contributed by atoms with E-state index in [4.69, 9.17) is 16.3 Å². The molecule has 7 heteroatoms. The number of rotatable bonds is 6. The Morgan fingerprint density at radius 3 is 2.48 bits per heavy atom. The van der Waals surface area contributed by atoms with E-state index in [1.165, 1.54) is 6.08 Å². The Bertz CT molecular complexity index is 1180. The van der Waals surface area contributed by atoms with Crippen molar-refractivity contribution in [1.29, 1.82) is 5.26 Å². The number of nitriles is 1. The third kappa shape index (κ3) is 6.20. The van der Waals surface area contributed by atoms with E-state index in [0.29, 0.717) is 37.6 Å². The molecule has 1 N–H and O–H groups in total. The van der Waals surface area contributed by atoms with Crippen molar-refractivity contribution in [3.63, 3.8) is 0 Å². The lowest BCUT2D eigenvalue weighted by Gasteiger charge is -2.12. The van der Waals surface area contributed by atoms with Crippen LogP contribution in [-0.2, 0) is 11.4 Å². The minimum absolute atomic E-state index is 0.00922. The topological polar surface area (TPSA) is 62.1 Å². The highest BCUT2D eigenvalue weighted by molar-refractivity contribution is 9.11. The molecular formula is C24H17Br2ClN2O2. The average molecular weight is 561 g/mol. The molecule has 0 aromatic heterocycles. The van der Waals surface area contributed by atoms with Crippen molar-refractivity contribution < 1.29 is 9.53 Å². The molecule has 0 aliphatic rings. The molecule has 4 nitrogen and oxygen atoms in total. The fraction of sp³-hybridized carbons (Fsp3) is 0.0833. The van der Waals surface area contributed by atoms with Gasteiger partial charge in [0, 0.05) is 16.3 Å². The smallest absolute Gasteiger partial charge is 0.266 e. The first-order valence-electron chi connectivity index (χ1n) is 9.22. The second-order valence-electron chi connectivity index (χ2n) is 6.69. The zero-order valence-electron chi connectivity index (χ0n) is 16.5. The van der Waals surface area contributed by atoms with Gasteiger partial charge in [0.1, 0.15) is 24.0 Å². The number of hydrogen-bond acceptors (Lipinski definition) is 3. The number of aryl methyl sites for hydroxylation is 1. The molecule has 0 heterocycles. The van der Waals surface area contributed by atoms with Crippen molar-refractivity contribution in [2.45, 2.75) is 13.5 Å². The van der Waals surface area contributed by atoms with Gasteiger partial charge in [-0.2, -0.15) is 5.26 Å². The maximum Gasteiger partial charge on any atom is 0.266 e. The SMILES string of the molecule is Cc1cccc(NC(=O)/C(C#N)=C\c2cc(Br)c(OCc3ccccc3Cl)c(Br)c2)c1. The molecule has 3 rings (SSSR count). The maximum atomic E-state index is 12.5. The number of hydrogen-bond donors (Lipinski definition) is 1. The number of nitrogens with one attached hydrogen (secondary N) is 1. The van der Waals surface area contributed by atoms with Crippen LogP contribution in [0.15, 0.2) is 75.2 Å². The van der Waals surface area contributed by atoms with E-state index in [9.17, 15) is 10.1 Å². The minimum Gasteiger partial charge on any atom is -0.486 e. The zero-order valence-corrected chi connectivity index (χ0v) is 20.4. The maximum absolute atomic E-state index is 12.5. The molecule has 3 aromatic carbocycles. The van der Waals surface area contributed by atoms with Crippen molar-refractivity contribution >= 4 is 61.1 Å². The summed E-state index contributed by atoms with van der Waals surface area (Å²) in [6, 6.07) is 20.4. The van der Waals surface area contributed by atoms with Crippen molar-refractivity contribution in [3.05, 3.63) is 96.9 Å². The van der Waals surface area contributed by atoms with Gasteiger partial charge in [0.2, 0.25) is 0 Å². The van der Waals surface area contributed by atoms with E-state index in [-0.39, 0.29) is 5.57 Å². The van der Waals surface area contributed by atoms with Gasteiger partial charge in [-0.3, -0.25) is 4.79 Å². The van der Waals surface area contributed by atoms with E-state index in [2.05, 4.69) is 37.2 Å². The predicted molar refractivity (Wildman–Crippen MR) is 131 cm³/mol. The van der Waals surface area contributed by atoms with Crippen LogP contribution in [0, 0.1) is 18.3 Å². The molecule has 0 unspecified atom stereocenters. The molecule has 0 atom stereocenters. The molecule has 0 aliphatic heterocycles. The first kappa shape index (κ1) is 23.1. The summed E-state index contributed by atoms with van der Waals surface area (Å²) in [5.74, 6) is 0.124. The van der Waals surface area contributed by atoms with Crippen LogP contribution in [0.1, 0.15) is 16.7 Å². The highest BCUT2D eigenvalue weighted by Crippen LogP contribution is 2.36. The molecule has 0 saturated carbocycles. The molecule has 1 amide bonds. The number of amides is 1. The fourth-order valence-corrected chi connectivity index (χ4v) is 4.44. The van der Waals surface area contributed by atoms with Gasteiger partial charge < -0.3 is 10.1 Å². The lowest BCUT2D eigenvalue weighted by atomic mass is 10.1. The molecule has 0 saturated heterocycles. The van der Waals surface area contributed by atoms with E-state index < -0.39 is 5.91 Å². The van der Waals surface area contributed by atoms with Gasteiger partial charge in [-0.05, 0) is 86.3 Å². The van der Waals surface area contributed by atoms with E-state index in [1.807, 2.05) is 55.5 Å². The number of halogens is 3. The second-order valence-corrected chi connectivity index (χ2v) is 8.80. The fourth-order valence-electron chi connectivity index (χ4n) is 2.80.